The Hall–Kier alpha value is -3.19. The number of allylic oxidation sites excluding steroid dienone is 2. The molecule has 1 aliphatic heterocycles. The molecular weight excluding hydrogens is 444 g/mol. The van der Waals surface area contributed by atoms with Crippen LogP contribution in [0.5, 0.6) is 0 Å². The first-order valence-electron chi connectivity index (χ1n) is 11.1. The topological polar surface area (TPSA) is 89.2 Å². The molecule has 2 heterocycles. The van der Waals surface area contributed by atoms with E-state index in [9.17, 15) is 14.4 Å². The summed E-state index contributed by atoms with van der Waals surface area (Å²) in [7, 11) is 0. The van der Waals surface area contributed by atoms with Gasteiger partial charge in [0.05, 0.1) is 35.2 Å². The summed E-state index contributed by atoms with van der Waals surface area (Å²) in [5.74, 6) is 0.806. The molecule has 7 nitrogen and oxygen atoms in total. The number of halogens is 1. The molecular formula is C25H21ClN2O5. The Balaban J connectivity index is 1.22. The van der Waals surface area contributed by atoms with Crippen molar-refractivity contribution in [3.63, 3.8) is 0 Å². The number of rotatable bonds is 5. The van der Waals surface area contributed by atoms with Crippen molar-refractivity contribution < 1.29 is 23.5 Å². The molecule has 0 spiro atoms. The van der Waals surface area contributed by atoms with Gasteiger partial charge < -0.3 is 9.15 Å². The zero-order valence-electron chi connectivity index (χ0n) is 17.8. The zero-order chi connectivity index (χ0) is 22.9. The molecule has 0 unspecified atom stereocenters. The van der Waals surface area contributed by atoms with Crippen molar-refractivity contribution in [2.24, 2.45) is 40.6 Å². The molecule has 4 aliphatic carbocycles. The number of hydrazone groups is 1. The fraction of sp³-hybridized carbons (Fsp3) is 0.360. The van der Waals surface area contributed by atoms with E-state index in [2.05, 4.69) is 17.3 Å². The van der Waals surface area contributed by atoms with Crippen LogP contribution >= 0.6 is 11.6 Å². The van der Waals surface area contributed by atoms with Crippen LogP contribution in [0.4, 0.5) is 0 Å². The molecule has 2 saturated carbocycles. The second-order valence-electron chi connectivity index (χ2n) is 9.00. The number of imide groups is 1. The second-order valence-corrected chi connectivity index (χ2v) is 9.41. The Bertz CT molecular complexity index is 1210. The van der Waals surface area contributed by atoms with Crippen LogP contribution in [0, 0.1) is 35.5 Å². The summed E-state index contributed by atoms with van der Waals surface area (Å²) in [4.78, 5) is 38.1. The standard InChI is InChI=1S/C25H21ClN2O5/c1-2-32-25(31)18-9-12(3-7-19(18)26)20-8-4-13(33-20)11-27-28-23(29)21-14-5-6-15(17-10-16(14)17)22(21)24(28)30/h3-9,11,14-17,21-22H,2,10H2,1H3/b27-11-/t14-,15-,16-,17-,21+,22+/m0/s1. The fourth-order valence-corrected chi connectivity index (χ4v) is 5.99. The average molecular weight is 465 g/mol. The lowest BCUT2D eigenvalue weighted by Gasteiger charge is -2.37. The Morgan fingerprint density at radius 1 is 1.15 bits per heavy atom. The molecule has 2 amide bonds. The number of hydrogen-bond donors (Lipinski definition) is 0. The van der Waals surface area contributed by atoms with Crippen molar-refractivity contribution in [2.75, 3.05) is 6.61 Å². The quantitative estimate of drug-likeness (QED) is 0.287. The molecule has 2 aromatic rings. The predicted octanol–water partition coefficient (Wildman–Crippen LogP) is 4.16. The van der Waals surface area contributed by atoms with Gasteiger partial charge in [-0.1, -0.05) is 23.8 Å². The van der Waals surface area contributed by atoms with Gasteiger partial charge in [0.15, 0.2) is 0 Å². The SMILES string of the molecule is CCOC(=O)c1cc(-c2ccc(/C=N\N3C(=O)[C@@H]4[C@H]5C=C[C@@H]([C@@H]6C[C@@H]56)[C@H]4C3=O)o2)ccc1Cl. The van der Waals surface area contributed by atoms with Crippen molar-refractivity contribution in [2.45, 2.75) is 13.3 Å². The van der Waals surface area contributed by atoms with E-state index in [4.69, 9.17) is 20.8 Å². The highest BCUT2D eigenvalue weighted by Crippen LogP contribution is 2.65. The highest BCUT2D eigenvalue weighted by atomic mass is 35.5. The summed E-state index contributed by atoms with van der Waals surface area (Å²) < 4.78 is 10.9. The van der Waals surface area contributed by atoms with Gasteiger partial charge >= 0.3 is 5.97 Å². The van der Waals surface area contributed by atoms with Gasteiger partial charge in [0, 0.05) is 5.56 Å². The van der Waals surface area contributed by atoms with Gasteiger partial charge in [-0.25, -0.2) is 4.79 Å². The van der Waals surface area contributed by atoms with Crippen LogP contribution in [0.1, 0.15) is 29.5 Å². The molecule has 0 N–H and O–H groups in total. The normalized spacial score (nSPS) is 31.3. The van der Waals surface area contributed by atoms with E-state index in [-0.39, 0.29) is 47.7 Å². The Morgan fingerprint density at radius 3 is 2.52 bits per heavy atom. The van der Waals surface area contributed by atoms with E-state index < -0.39 is 5.97 Å². The lowest BCUT2D eigenvalue weighted by Crippen LogP contribution is -2.40. The van der Waals surface area contributed by atoms with Crippen molar-refractivity contribution in [3.05, 3.63) is 58.8 Å². The van der Waals surface area contributed by atoms with Crippen LogP contribution in [0.2, 0.25) is 5.02 Å². The monoisotopic (exact) mass is 464 g/mol. The maximum absolute atomic E-state index is 13.0. The summed E-state index contributed by atoms with van der Waals surface area (Å²) in [5.41, 5.74) is 0.892. The molecule has 2 bridgehead atoms. The molecule has 1 saturated heterocycles. The number of ether oxygens (including phenoxy) is 1. The van der Waals surface area contributed by atoms with Crippen molar-refractivity contribution >= 4 is 35.6 Å². The second kappa shape index (κ2) is 7.42. The third kappa shape index (κ3) is 3.09. The van der Waals surface area contributed by atoms with Gasteiger partial charge in [0.1, 0.15) is 11.5 Å². The number of nitrogens with zero attached hydrogens (tertiary/aromatic N) is 2. The van der Waals surface area contributed by atoms with Crippen molar-refractivity contribution in [1.82, 2.24) is 5.01 Å². The summed E-state index contributed by atoms with van der Waals surface area (Å²) in [6.45, 7) is 1.97. The molecule has 33 heavy (non-hydrogen) atoms. The molecule has 168 valence electrons. The van der Waals surface area contributed by atoms with Crippen molar-refractivity contribution in [1.29, 1.82) is 0 Å². The maximum Gasteiger partial charge on any atom is 0.339 e. The van der Waals surface area contributed by atoms with Gasteiger partial charge in [0.2, 0.25) is 0 Å². The van der Waals surface area contributed by atoms with E-state index >= 15 is 0 Å². The van der Waals surface area contributed by atoms with Crippen LogP contribution < -0.4 is 0 Å². The highest BCUT2D eigenvalue weighted by Gasteiger charge is 2.67. The number of carbonyl (C=O) groups is 3. The van der Waals surface area contributed by atoms with E-state index in [0.29, 0.717) is 33.9 Å². The van der Waals surface area contributed by atoms with Crippen molar-refractivity contribution in [3.8, 4) is 11.3 Å². The van der Waals surface area contributed by atoms with Crippen LogP contribution in [-0.4, -0.2) is 35.6 Å². The first kappa shape index (κ1) is 20.4. The molecule has 1 aromatic heterocycles. The lowest BCUT2D eigenvalue weighted by atomic mass is 9.63. The minimum Gasteiger partial charge on any atom is -0.462 e. The van der Waals surface area contributed by atoms with Gasteiger partial charge in [0.25, 0.3) is 11.8 Å². The average Bonchev–Trinajstić information content (AvgIpc) is 3.45. The Kier molecular flexibility index (Phi) is 4.59. The van der Waals surface area contributed by atoms with E-state index in [1.807, 2.05) is 0 Å². The largest absolute Gasteiger partial charge is 0.462 e. The van der Waals surface area contributed by atoms with E-state index in [1.54, 1.807) is 37.3 Å². The molecule has 6 atom stereocenters. The van der Waals surface area contributed by atoms with Gasteiger partial charge in [-0.3, -0.25) is 9.59 Å². The summed E-state index contributed by atoms with van der Waals surface area (Å²) in [5, 5.41) is 5.52. The van der Waals surface area contributed by atoms with Gasteiger partial charge in [-0.15, -0.1) is 0 Å². The summed E-state index contributed by atoms with van der Waals surface area (Å²) >= 11 is 6.13. The first-order chi connectivity index (χ1) is 16.0. The number of furan rings is 1. The Morgan fingerprint density at radius 2 is 1.85 bits per heavy atom. The van der Waals surface area contributed by atoms with Crippen LogP contribution in [0.3, 0.4) is 0 Å². The van der Waals surface area contributed by atoms with E-state index in [1.165, 1.54) is 6.21 Å². The minimum absolute atomic E-state index is 0.162. The molecule has 7 rings (SSSR count). The molecule has 8 heteroatoms. The third-order valence-electron chi connectivity index (χ3n) is 7.31. The summed E-state index contributed by atoms with van der Waals surface area (Å²) in [6.07, 6.45) is 6.77. The minimum atomic E-state index is -0.508. The highest BCUT2D eigenvalue weighted by molar-refractivity contribution is 6.33. The fourth-order valence-electron chi connectivity index (χ4n) is 5.79. The number of carbonyl (C=O) groups excluding carboxylic acids is 3. The maximum atomic E-state index is 13.0. The van der Waals surface area contributed by atoms with Gasteiger partial charge in [-0.2, -0.15) is 10.1 Å². The number of amides is 2. The third-order valence-corrected chi connectivity index (χ3v) is 7.64. The molecule has 1 aromatic carbocycles. The van der Waals surface area contributed by atoms with Crippen LogP contribution in [-0.2, 0) is 14.3 Å². The first-order valence-corrected chi connectivity index (χ1v) is 11.5. The zero-order valence-corrected chi connectivity index (χ0v) is 18.6. The number of esters is 1. The summed E-state index contributed by atoms with van der Waals surface area (Å²) in [6, 6.07) is 8.36. The lowest BCUT2D eigenvalue weighted by molar-refractivity contribution is -0.140. The Labute approximate surface area is 195 Å². The van der Waals surface area contributed by atoms with Crippen LogP contribution in [0.15, 0.2) is 52.0 Å². The van der Waals surface area contributed by atoms with E-state index in [0.717, 1.165) is 11.4 Å². The predicted molar refractivity (Wildman–Crippen MR) is 119 cm³/mol. The molecule has 0 radical (unpaired) electrons. The molecule has 3 fully saturated rings. The van der Waals surface area contributed by atoms with Gasteiger partial charge in [-0.05, 0) is 67.3 Å². The molecule has 5 aliphatic rings. The number of hydrogen-bond acceptors (Lipinski definition) is 6. The number of benzene rings is 1. The smallest absolute Gasteiger partial charge is 0.339 e. The van der Waals surface area contributed by atoms with Crippen LogP contribution in [0.25, 0.3) is 11.3 Å².